The molecule has 10 heteroatoms. The molecule has 0 saturated carbocycles. The molecule has 0 radical (unpaired) electrons. The molecule has 0 bridgehead atoms. The van der Waals surface area contributed by atoms with Crippen molar-refractivity contribution in [3.63, 3.8) is 0 Å². The number of aromatic nitrogens is 2. The molecular formula is C22H28FN5O4. The van der Waals surface area contributed by atoms with E-state index in [0.717, 1.165) is 10.9 Å². The van der Waals surface area contributed by atoms with E-state index in [0.29, 0.717) is 24.3 Å². The fraction of sp³-hybridized carbons (Fsp3) is 0.545. The number of halogens is 1. The summed E-state index contributed by atoms with van der Waals surface area (Å²) in [6.45, 7) is 7.89. The molecule has 2 aliphatic heterocycles. The molecule has 32 heavy (non-hydrogen) atoms. The van der Waals surface area contributed by atoms with Crippen molar-refractivity contribution < 1.29 is 23.5 Å². The molecule has 2 saturated heterocycles. The third kappa shape index (κ3) is 4.26. The van der Waals surface area contributed by atoms with Gasteiger partial charge in [0.05, 0.1) is 24.5 Å². The Kier molecular flexibility index (Phi) is 5.56. The SMILES string of the molecule is Cc1cn(C2CCN(C(=O)OC(C)(C)C)CC2F)c2ncc(N3CCC(=O)NC3=O)cc12. The molecule has 9 nitrogen and oxygen atoms in total. The largest absolute Gasteiger partial charge is 0.444 e. The Labute approximate surface area is 185 Å². The van der Waals surface area contributed by atoms with Crippen LogP contribution in [0.25, 0.3) is 11.0 Å². The Morgan fingerprint density at radius 3 is 2.69 bits per heavy atom. The van der Waals surface area contributed by atoms with E-state index in [1.807, 2.05) is 23.8 Å². The van der Waals surface area contributed by atoms with E-state index in [4.69, 9.17) is 4.74 Å². The lowest BCUT2D eigenvalue weighted by Gasteiger charge is -2.36. The average molecular weight is 445 g/mol. The van der Waals surface area contributed by atoms with E-state index in [9.17, 15) is 14.4 Å². The quantitative estimate of drug-likeness (QED) is 0.765. The Hall–Kier alpha value is -3.17. The summed E-state index contributed by atoms with van der Waals surface area (Å²) >= 11 is 0. The third-order valence-corrected chi connectivity index (χ3v) is 5.74. The van der Waals surface area contributed by atoms with Crippen molar-refractivity contribution >= 4 is 34.8 Å². The molecule has 2 aromatic heterocycles. The molecule has 4 heterocycles. The zero-order valence-electron chi connectivity index (χ0n) is 18.7. The summed E-state index contributed by atoms with van der Waals surface area (Å²) in [7, 11) is 0. The van der Waals surface area contributed by atoms with Gasteiger partial charge >= 0.3 is 12.1 Å². The highest BCUT2D eigenvalue weighted by Crippen LogP contribution is 2.33. The Morgan fingerprint density at radius 1 is 1.28 bits per heavy atom. The van der Waals surface area contributed by atoms with Gasteiger partial charge in [0.25, 0.3) is 0 Å². The van der Waals surface area contributed by atoms with Gasteiger partial charge in [0, 0.05) is 31.1 Å². The van der Waals surface area contributed by atoms with E-state index in [1.54, 1.807) is 27.0 Å². The van der Waals surface area contributed by atoms with Crippen LogP contribution in [0.2, 0.25) is 0 Å². The highest BCUT2D eigenvalue weighted by molar-refractivity contribution is 6.06. The van der Waals surface area contributed by atoms with Crippen molar-refractivity contribution in [2.75, 3.05) is 24.5 Å². The summed E-state index contributed by atoms with van der Waals surface area (Å²) in [5.74, 6) is -0.297. The van der Waals surface area contributed by atoms with Crippen LogP contribution >= 0.6 is 0 Å². The van der Waals surface area contributed by atoms with Gasteiger partial charge in [-0.05, 0) is 45.7 Å². The van der Waals surface area contributed by atoms with Crippen LogP contribution in [-0.2, 0) is 9.53 Å². The zero-order chi connectivity index (χ0) is 23.2. The monoisotopic (exact) mass is 445 g/mol. The van der Waals surface area contributed by atoms with Gasteiger partial charge in [-0.2, -0.15) is 0 Å². The number of anilines is 1. The van der Waals surface area contributed by atoms with Crippen LogP contribution in [0.3, 0.4) is 0 Å². The minimum atomic E-state index is -1.27. The number of carbonyl (C=O) groups excluding carboxylic acids is 3. The van der Waals surface area contributed by atoms with E-state index in [2.05, 4.69) is 10.3 Å². The number of likely N-dealkylation sites (tertiary alicyclic amines) is 1. The minimum absolute atomic E-state index is 0.0433. The number of amides is 4. The van der Waals surface area contributed by atoms with Gasteiger partial charge in [0.1, 0.15) is 17.4 Å². The van der Waals surface area contributed by atoms with Gasteiger partial charge in [-0.3, -0.25) is 15.0 Å². The maximum Gasteiger partial charge on any atom is 0.410 e. The molecule has 2 aromatic rings. The second kappa shape index (κ2) is 8.07. The van der Waals surface area contributed by atoms with Crippen LogP contribution in [0, 0.1) is 6.92 Å². The number of piperidine rings is 1. The smallest absolute Gasteiger partial charge is 0.410 e. The highest BCUT2D eigenvalue weighted by Gasteiger charge is 2.35. The fourth-order valence-corrected chi connectivity index (χ4v) is 4.19. The molecule has 1 N–H and O–H groups in total. The van der Waals surface area contributed by atoms with Crippen LogP contribution < -0.4 is 10.2 Å². The Bertz CT molecular complexity index is 1080. The number of imide groups is 1. The first-order valence-corrected chi connectivity index (χ1v) is 10.7. The van der Waals surface area contributed by atoms with E-state index in [1.165, 1.54) is 9.80 Å². The van der Waals surface area contributed by atoms with Gasteiger partial charge in [-0.15, -0.1) is 0 Å². The molecule has 172 valence electrons. The zero-order valence-corrected chi connectivity index (χ0v) is 18.7. The normalized spacial score (nSPS) is 22.3. The summed E-state index contributed by atoms with van der Waals surface area (Å²) in [6.07, 6.45) is 2.31. The van der Waals surface area contributed by atoms with Gasteiger partial charge in [-0.25, -0.2) is 19.0 Å². The highest BCUT2D eigenvalue weighted by atomic mass is 19.1. The molecule has 0 aromatic carbocycles. The first-order valence-electron chi connectivity index (χ1n) is 10.7. The number of carbonyl (C=O) groups is 3. The van der Waals surface area contributed by atoms with Gasteiger partial charge < -0.3 is 14.2 Å². The van der Waals surface area contributed by atoms with Crippen molar-refractivity contribution in [2.24, 2.45) is 0 Å². The molecule has 0 spiro atoms. The van der Waals surface area contributed by atoms with E-state index < -0.39 is 29.9 Å². The Balaban J connectivity index is 1.55. The number of fused-ring (bicyclic) bond motifs is 1. The number of alkyl halides is 1. The summed E-state index contributed by atoms with van der Waals surface area (Å²) < 4.78 is 22.4. The topological polar surface area (TPSA) is 96.8 Å². The predicted molar refractivity (Wildman–Crippen MR) is 116 cm³/mol. The lowest BCUT2D eigenvalue weighted by molar-refractivity contribution is -0.120. The number of nitrogens with one attached hydrogen (secondary N) is 1. The van der Waals surface area contributed by atoms with Crippen LogP contribution in [-0.4, -0.2) is 63.9 Å². The molecule has 0 aliphatic carbocycles. The van der Waals surface area contributed by atoms with Crippen molar-refractivity contribution in [2.45, 2.75) is 58.4 Å². The van der Waals surface area contributed by atoms with Crippen molar-refractivity contribution in [3.8, 4) is 0 Å². The summed E-state index contributed by atoms with van der Waals surface area (Å²) in [5, 5.41) is 3.12. The lowest BCUT2D eigenvalue weighted by atomic mass is 10.0. The number of rotatable bonds is 2. The van der Waals surface area contributed by atoms with E-state index >= 15 is 4.39 Å². The summed E-state index contributed by atoms with van der Waals surface area (Å²) in [5.41, 5.74) is 1.48. The van der Waals surface area contributed by atoms with E-state index in [-0.39, 0.29) is 25.4 Å². The number of aryl methyl sites for hydroxylation is 1. The number of hydrogen-bond acceptors (Lipinski definition) is 5. The lowest BCUT2D eigenvalue weighted by Crippen LogP contribution is -2.49. The molecule has 2 fully saturated rings. The number of nitrogens with zero attached hydrogens (tertiary/aromatic N) is 4. The van der Waals surface area contributed by atoms with Gasteiger partial charge in [0.2, 0.25) is 5.91 Å². The summed E-state index contributed by atoms with van der Waals surface area (Å²) in [6, 6.07) is 0.907. The summed E-state index contributed by atoms with van der Waals surface area (Å²) in [4.78, 5) is 43.3. The maximum absolute atomic E-state index is 15.2. The molecule has 4 amide bonds. The number of ether oxygens (including phenoxy) is 1. The van der Waals surface area contributed by atoms with Gasteiger partial charge in [-0.1, -0.05) is 0 Å². The molecule has 2 unspecified atom stereocenters. The maximum atomic E-state index is 15.2. The third-order valence-electron chi connectivity index (χ3n) is 5.74. The number of hydrogen-bond donors (Lipinski definition) is 1. The van der Waals surface area contributed by atoms with Crippen LogP contribution in [0.1, 0.15) is 45.2 Å². The van der Waals surface area contributed by atoms with Crippen LogP contribution in [0.15, 0.2) is 18.5 Å². The molecule has 2 aliphatic rings. The standard InChI is InChI=1S/C22H28FN5O4/c1-13-11-28(17-5-7-26(12-16(17)23)21(31)32-22(2,3)4)19-15(13)9-14(10-24-19)27-8-6-18(29)25-20(27)30/h9-11,16-17H,5-8,12H2,1-4H3,(H,25,29,30). The predicted octanol–water partition coefficient (Wildman–Crippen LogP) is 3.31. The molecule has 2 atom stereocenters. The molecular weight excluding hydrogens is 417 g/mol. The second-order valence-electron chi connectivity index (χ2n) is 9.34. The molecule has 4 rings (SSSR count). The van der Waals surface area contributed by atoms with Crippen LogP contribution in [0.4, 0.5) is 19.7 Å². The first kappa shape index (κ1) is 22.0. The van der Waals surface area contributed by atoms with Crippen molar-refractivity contribution in [3.05, 3.63) is 24.0 Å². The van der Waals surface area contributed by atoms with Crippen molar-refractivity contribution in [1.82, 2.24) is 19.8 Å². The fourth-order valence-electron chi connectivity index (χ4n) is 4.19. The van der Waals surface area contributed by atoms with Gasteiger partial charge in [0.15, 0.2) is 0 Å². The number of urea groups is 1. The average Bonchev–Trinajstić information content (AvgIpc) is 3.02. The van der Waals surface area contributed by atoms with Crippen molar-refractivity contribution in [1.29, 1.82) is 0 Å². The number of pyridine rings is 1. The Morgan fingerprint density at radius 2 is 2.03 bits per heavy atom. The second-order valence-corrected chi connectivity index (χ2v) is 9.34. The van der Waals surface area contributed by atoms with Crippen LogP contribution in [0.5, 0.6) is 0 Å². The first-order chi connectivity index (χ1) is 15.0. The minimum Gasteiger partial charge on any atom is -0.444 e.